The first kappa shape index (κ1) is 17.1. The molecule has 1 aromatic heterocycles. The van der Waals surface area contributed by atoms with Gasteiger partial charge in [0.25, 0.3) is 0 Å². The molecule has 0 saturated heterocycles. The SMILES string of the molecule is OC(c1ccccn1)C1C[CH-]C1.[CH-]=C(C)C=[N-].[Li+]. The molecule has 1 fully saturated rings. The van der Waals surface area contributed by atoms with E-state index in [2.05, 4.69) is 11.4 Å². The maximum Gasteiger partial charge on any atom is 1.00 e. The molecule has 1 aliphatic rings. The largest absolute Gasteiger partial charge is 1.00 e. The number of pyridine rings is 1. The van der Waals surface area contributed by atoms with Crippen molar-refractivity contribution in [2.24, 2.45) is 5.92 Å². The van der Waals surface area contributed by atoms with Gasteiger partial charge in [0.2, 0.25) is 0 Å². The fourth-order valence-electron chi connectivity index (χ4n) is 1.41. The molecule has 92 valence electrons. The van der Waals surface area contributed by atoms with E-state index in [9.17, 15) is 5.11 Å². The van der Waals surface area contributed by atoms with Gasteiger partial charge >= 0.3 is 18.9 Å². The number of aliphatic hydroxyl groups is 1. The fourth-order valence-corrected chi connectivity index (χ4v) is 1.41. The Morgan fingerprint density at radius 3 is 2.56 bits per heavy atom. The minimum atomic E-state index is -0.365. The standard InChI is InChI=1S/C10H12NO.C4H5N.Li/c12-10(8-4-3-5-8)9-6-1-2-7-11-9;1-4(2)3-5;/h1-3,6-8,10,12H,4-5H2;1,3H,2H3;/q-1;-2;+1. The van der Waals surface area contributed by atoms with Gasteiger partial charge in [-0.2, -0.15) is 12.8 Å². The van der Waals surface area contributed by atoms with Crippen molar-refractivity contribution in [3.63, 3.8) is 0 Å². The maximum absolute atomic E-state index is 9.76. The molecule has 0 radical (unpaired) electrons. The van der Waals surface area contributed by atoms with Crippen molar-refractivity contribution in [2.45, 2.75) is 25.9 Å². The van der Waals surface area contributed by atoms with Crippen molar-refractivity contribution >= 4 is 6.21 Å². The zero-order valence-corrected chi connectivity index (χ0v) is 11.0. The summed E-state index contributed by atoms with van der Waals surface area (Å²) in [5, 5.41) is 17.6. The molecule has 3 nitrogen and oxygen atoms in total. The molecule has 0 spiro atoms. The Kier molecular flexibility index (Phi) is 8.66. The molecule has 0 bridgehead atoms. The average molecular weight is 236 g/mol. The number of hydrogen-bond donors (Lipinski definition) is 1. The van der Waals surface area contributed by atoms with Gasteiger partial charge in [0.15, 0.2) is 0 Å². The number of allylic oxidation sites excluding steroid dienone is 1. The van der Waals surface area contributed by atoms with E-state index in [1.54, 1.807) is 13.1 Å². The van der Waals surface area contributed by atoms with Gasteiger partial charge in [0, 0.05) is 6.20 Å². The first-order valence-corrected chi connectivity index (χ1v) is 5.62. The molecule has 0 aromatic carbocycles. The van der Waals surface area contributed by atoms with Gasteiger partial charge in [0.05, 0.1) is 11.8 Å². The van der Waals surface area contributed by atoms with Crippen molar-refractivity contribution in [3.8, 4) is 0 Å². The van der Waals surface area contributed by atoms with Gasteiger partial charge in [-0.05, 0) is 12.1 Å². The summed E-state index contributed by atoms with van der Waals surface area (Å²) >= 11 is 0. The normalized spacial score (nSPS) is 15.2. The van der Waals surface area contributed by atoms with E-state index in [1.807, 2.05) is 18.2 Å². The van der Waals surface area contributed by atoms with Crippen molar-refractivity contribution in [1.29, 1.82) is 0 Å². The molecule has 1 aliphatic carbocycles. The Morgan fingerprint density at radius 1 is 1.61 bits per heavy atom. The molecule has 1 aromatic rings. The summed E-state index contributed by atoms with van der Waals surface area (Å²) in [5.41, 5.74) is 1.24. The molecule has 2 rings (SSSR count). The zero-order valence-electron chi connectivity index (χ0n) is 11.0. The second kappa shape index (κ2) is 9.10. The van der Waals surface area contributed by atoms with Crippen LogP contribution < -0.4 is 18.9 Å². The fraction of sp³-hybridized carbons (Fsp3) is 0.357. The molecule has 0 aliphatic heterocycles. The van der Waals surface area contributed by atoms with Gasteiger partial charge in [-0.25, -0.2) is 0 Å². The van der Waals surface area contributed by atoms with E-state index >= 15 is 0 Å². The number of nitrogens with zero attached hydrogens (tertiary/aromatic N) is 2. The van der Waals surface area contributed by atoms with Crippen LogP contribution in [0.3, 0.4) is 0 Å². The summed E-state index contributed by atoms with van der Waals surface area (Å²) in [6.45, 7) is 6.51. The number of rotatable bonds is 3. The number of hydrogen-bond acceptors (Lipinski definition) is 2. The van der Waals surface area contributed by atoms with Gasteiger partial charge in [-0.1, -0.05) is 18.9 Å². The van der Waals surface area contributed by atoms with Crippen molar-refractivity contribution in [2.75, 3.05) is 0 Å². The molecule has 1 heterocycles. The summed E-state index contributed by atoms with van der Waals surface area (Å²) in [6.07, 6.45) is 6.46. The first-order chi connectivity index (χ1) is 8.15. The second-order valence-corrected chi connectivity index (χ2v) is 4.09. The van der Waals surface area contributed by atoms with Crippen LogP contribution in [0, 0.1) is 18.9 Å². The smallest absolute Gasteiger partial charge is 0.911 e. The Bertz CT molecular complexity index is 363. The average Bonchev–Trinajstić information content (AvgIpc) is 2.28. The van der Waals surface area contributed by atoms with Gasteiger partial charge in [-0.3, -0.25) is 17.1 Å². The van der Waals surface area contributed by atoms with E-state index in [4.69, 9.17) is 12.0 Å². The van der Waals surface area contributed by atoms with Crippen LogP contribution in [0.2, 0.25) is 0 Å². The predicted octanol–water partition coefficient (Wildman–Crippen LogP) is -0.261. The van der Waals surface area contributed by atoms with Gasteiger partial charge in [0.1, 0.15) is 0 Å². The molecular formula is C14H17LiN2O-2. The first-order valence-electron chi connectivity index (χ1n) is 5.62. The third-order valence-corrected chi connectivity index (χ3v) is 2.58. The Hall–Kier alpha value is -0.883. The van der Waals surface area contributed by atoms with Gasteiger partial charge < -0.3 is 23.2 Å². The van der Waals surface area contributed by atoms with Crippen molar-refractivity contribution in [3.05, 3.63) is 54.1 Å². The van der Waals surface area contributed by atoms with Crippen LogP contribution in [0.4, 0.5) is 0 Å². The summed E-state index contributed by atoms with van der Waals surface area (Å²) < 4.78 is 0. The third-order valence-electron chi connectivity index (χ3n) is 2.58. The summed E-state index contributed by atoms with van der Waals surface area (Å²) in [5.74, 6) is 0.403. The second-order valence-electron chi connectivity index (χ2n) is 4.09. The van der Waals surface area contributed by atoms with Gasteiger partial charge in [-0.15, -0.1) is 0 Å². The minimum Gasteiger partial charge on any atom is -0.911 e. The van der Waals surface area contributed by atoms with Crippen LogP contribution in [-0.4, -0.2) is 16.3 Å². The summed E-state index contributed by atoms with van der Waals surface area (Å²) in [6, 6.07) is 5.65. The molecular weight excluding hydrogens is 219 g/mol. The van der Waals surface area contributed by atoms with Crippen LogP contribution in [0.15, 0.2) is 30.0 Å². The number of aliphatic hydroxyl groups excluding tert-OH is 1. The quantitative estimate of drug-likeness (QED) is 0.446. The van der Waals surface area contributed by atoms with Crippen LogP contribution in [-0.2, 0) is 0 Å². The molecule has 1 N–H and O–H groups in total. The van der Waals surface area contributed by atoms with Crippen LogP contribution in [0.1, 0.15) is 31.6 Å². The monoisotopic (exact) mass is 236 g/mol. The van der Waals surface area contributed by atoms with E-state index in [0.29, 0.717) is 11.5 Å². The van der Waals surface area contributed by atoms with E-state index < -0.39 is 0 Å². The molecule has 18 heavy (non-hydrogen) atoms. The Balaban J connectivity index is 0.000000421. The molecule has 1 atom stereocenters. The summed E-state index contributed by atoms with van der Waals surface area (Å²) in [7, 11) is 0. The molecule has 4 heteroatoms. The molecule has 1 saturated carbocycles. The van der Waals surface area contributed by atoms with E-state index in [-0.39, 0.29) is 25.0 Å². The zero-order chi connectivity index (χ0) is 12.7. The van der Waals surface area contributed by atoms with E-state index in [0.717, 1.165) is 24.8 Å². The van der Waals surface area contributed by atoms with E-state index in [1.165, 1.54) is 0 Å². The molecule has 0 amide bonds. The summed E-state index contributed by atoms with van der Waals surface area (Å²) in [4.78, 5) is 4.12. The molecule has 1 unspecified atom stereocenters. The topological polar surface area (TPSA) is 55.4 Å². The van der Waals surface area contributed by atoms with Crippen LogP contribution in [0.5, 0.6) is 0 Å². The van der Waals surface area contributed by atoms with Crippen LogP contribution in [0.25, 0.3) is 5.41 Å². The Labute approximate surface area is 121 Å². The van der Waals surface area contributed by atoms with Crippen molar-refractivity contribution in [1.82, 2.24) is 4.98 Å². The predicted molar refractivity (Wildman–Crippen MR) is 69.1 cm³/mol. The third kappa shape index (κ3) is 5.64. The minimum absolute atomic E-state index is 0. The Morgan fingerprint density at radius 2 is 2.22 bits per heavy atom. The van der Waals surface area contributed by atoms with Crippen LogP contribution >= 0.6 is 0 Å². The number of aromatic nitrogens is 1. The maximum atomic E-state index is 9.76. The van der Waals surface area contributed by atoms with Crippen molar-refractivity contribution < 1.29 is 24.0 Å².